The molecule has 2 amide bonds. The molecule has 0 heterocycles. The van der Waals surface area contributed by atoms with Crippen LogP contribution in [0.3, 0.4) is 0 Å². The summed E-state index contributed by atoms with van der Waals surface area (Å²) in [7, 11) is -1.23. The van der Waals surface area contributed by atoms with Crippen LogP contribution >= 0.6 is 15.9 Å². The number of sulfonamides is 1. The molecule has 0 saturated carbocycles. The molecule has 0 saturated heterocycles. The van der Waals surface area contributed by atoms with E-state index in [1.165, 1.54) is 31.2 Å². The Labute approximate surface area is 226 Å². The second-order valence-corrected chi connectivity index (χ2v) is 11.2. The Hall–Kier alpha value is -3.37. The summed E-state index contributed by atoms with van der Waals surface area (Å²) in [6, 6.07) is 19.5. The van der Waals surface area contributed by atoms with Crippen molar-refractivity contribution in [2.45, 2.75) is 31.3 Å². The van der Waals surface area contributed by atoms with Crippen LogP contribution in [0.15, 0.2) is 82.2 Å². The molecular formula is C27H30BrN3O5S. The number of hydrogen-bond acceptors (Lipinski definition) is 5. The Morgan fingerprint density at radius 3 is 2.35 bits per heavy atom. The zero-order valence-electron chi connectivity index (χ0n) is 21.1. The summed E-state index contributed by atoms with van der Waals surface area (Å²) >= 11 is 3.43. The second-order valence-electron chi connectivity index (χ2n) is 8.44. The molecule has 1 atom stereocenters. The summed E-state index contributed by atoms with van der Waals surface area (Å²) in [4.78, 5) is 27.8. The molecule has 0 spiro atoms. The van der Waals surface area contributed by atoms with Crippen molar-refractivity contribution in [1.82, 2.24) is 10.2 Å². The standard InChI is InChI=1S/C27H30BrN3O5S/c1-19-13-14-25(36-4)24(15-19)31(37(34,35)23-11-6-5-7-12-23)18-26(32)30(20(2)27(33)29-3)17-21-9-8-10-22(28)16-21/h5-16,20H,17-18H2,1-4H3,(H,29,33). The molecule has 3 aromatic carbocycles. The number of nitrogens with zero attached hydrogens (tertiary/aromatic N) is 2. The normalized spacial score (nSPS) is 11.9. The molecule has 10 heteroatoms. The van der Waals surface area contributed by atoms with Crippen LogP contribution in [0, 0.1) is 6.92 Å². The molecule has 1 unspecified atom stereocenters. The largest absolute Gasteiger partial charge is 0.495 e. The summed E-state index contributed by atoms with van der Waals surface area (Å²) in [5.41, 5.74) is 1.81. The van der Waals surface area contributed by atoms with Crippen LogP contribution in [-0.4, -0.2) is 51.9 Å². The van der Waals surface area contributed by atoms with Crippen LogP contribution in [0.25, 0.3) is 0 Å². The van der Waals surface area contributed by atoms with Crippen molar-refractivity contribution >= 4 is 43.5 Å². The number of hydrogen-bond donors (Lipinski definition) is 1. The lowest BCUT2D eigenvalue weighted by Crippen LogP contribution is -2.50. The first kappa shape index (κ1) is 28.2. The highest BCUT2D eigenvalue weighted by Gasteiger charge is 2.33. The van der Waals surface area contributed by atoms with Gasteiger partial charge in [-0.2, -0.15) is 0 Å². The quantitative estimate of drug-likeness (QED) is 0.385. The highest BCUT2D eigenvalue weighted by molar-refractivity contribution is 9.10. The smallest absolute Gasteiger partial charge is 0.264 e. The molecule has 1 N–H and O–H groups in total. The van der Waals surface area contributed by atoms with Crippen molar-refractivity contribution in [3.8, 4) is 5.75 Å². The van der Waals surface area contributed by atoms with Crippen molar-refractivity contribution in [3.05, 3.63) is 88.4 Å². The predicted octanol–water partition coefficient (Wildman–Crippen LogP) is 4.12. The molecular weight excluding hydrogens is 558 g/mol. The maximum atomic E-state index is 13.8. The maximum Gasteiger partial charge on any atom is 0.264 e. The van der Waals surface area contributed by atoms with Gasteiger partial charge in [-0.3, -0.25) is 13.9 Å². The van der Waals surface area contributed by atoms with Crippen molar-refractivity contribution < 1.29 is 22.7 Å². The molecule has 0 fully saturated rings. The number of anilines is 1. The van der Waals surface area contributed by atoms with Crippen LogP contribution in [0.1, 0.15) is 18.1 Å². The zero-order chi connectivity index (χ0) is 27.2. The number of carbonyl (C=O) groups excluding carboxylic acids is 2. The topological polar surface area (TPSA) is 96.0 Å². The van der Waals surface area contributed by atoms with Crippen molar-refractivity contribution in [3.63, 3.8) is 0 Å². The second kappa shape index (κ2) is 12.2. The number of ether oxygens (including phenoxy) is 1. The van der Waals surface area contributed by atoms with Crippen LogP contribution < -0.4 is 14.4 Å². The molecule has 0 radical (unpaired) electrons. The lowest BCUT2D eigenvalue weighted by atomic mass is 10.1. The van der Waals surface area contributed by atoms with Gasteiger partial charge in [-0.25, -0.2) is 8.42 Å². The molecule has 0 aliphatic rings. The van der Waals surface area contributed by atoms with E-state index in [4.69, 9.17) is 4.74 Å². The summed E-state index contributed by atoms with van der Waals surface area (Å²) in [6.07, 6.45) is 0. The van der Waals surface area contributed by atoms with Crippen molar-refractivity contribution in [2.75, 3.05) is 25.0 Å². The first-order valence-electron chi connectivity index (χ1n) is 11.6. The minimum Gasteiger partial charge on any atom is -0.495 e. The molecule has 0 aliphatic heterocycles. The summed E-state index contributed by atoms with van der Waals surface area (Å²) < 4.78 is 35.0. The minimum absolute atomic E-state index is 0.0317. The van der Waals surface area contributed by atoms with E-state index >= 15 is 0 Å². The third-order valence-corrected chi connectivity index (χ3v) is 8.14. The van der Waals surface area contributed by atoms with Gasteiger partial charge in [-0.05, 0) is 61.4 Å². The van der Waals surface area contributed by atoms with Crippen LogP contribution in [0.2, 0.25) is 0 Å². The first-order valence-corrected chi connectivity index (χ1v) is 13.8. The van der Waals surface area contributed by atoms with Gasteiger partial charge in [0, 0.05) is 18.1 Å². The molecule has 196 valence electrons. The predicted molar refractivity (Wildman–Crippen MR) is 147 cm³/mol. The molecule has 0 aliphatic carbocycles. The molecule has 0 aromatic heterocycles. The van der Waals surface area contributed by atoms with E-state index in [0.717, 1.165) is 19.9 Å². The Morgan fingerprint density at radius 2 is 1.73 bits per heavy atom. The Morgan fingerprint density at radius 1 is 1.03 bits per heavy atom. The molecule has 0 bridgehead atoms. The van der Waals surface area contributed by atoms with Gasteiger partial charge in [0.15, 0.2) is 0 Å². The van der Waals surface area contributed by atoms with E-state index in [9.17, 15) is 18.0 Å². The van der Waals surface area contributed by atoms with Crippen LogP contribution in [0.5, 0.6) is 5.75 Å². The van der Waals surface area contributed by atoms with E-state index in [-0.39, 0.29) is 23.0 Å². The van der Waals surface area contributed by atoms with Gasteiger partial charge in [0.05, 0.1) is 17.7 Å². The fraction of sp³-hybridized carbons (Fsp3) is 0.259. The van der Waals surface area contributed by atoms with E-state index in [1.807, 2.05) is 31.2 Å². The molecule has 3 rings (SSSR count). The summed E-state index contributed by atoms with van der Waals surface area (Å²) in [6.45, 7) is 3.01. The van der Waals surface area contributed by atoms with Crippen LogP contribution in [-0.2, 0) is 26.2 Å². The number of rotatable bonds is 10. The van der Waals surface area contributed by atoms with E-state index < -0.39 is 28.5 Å². The molecule has 3 aromatic rings. The lowest BCUT2D eigenvalue weighted by molar-refractivity contribution is -0.139. The highest BCUT2D eigenvalue weighted by atomic mass is 79.9. The lowest BCUT2D eigenvalue weighted by Gasteiger charge is -2.32. The van der Waals surface area contributed by atoms with Crippen molar-refractivity contribution in [1.29, 1.82) is 0 Å². The van der Waals surface area contributed by atoms with Gasteiger partial charge in [0.2, 0.25) is 11.8 Å². The number of benzene rings is 3. The number of nitrogens with one attached hydrogen (secondary N) is 1. The van der Waals surface area contributed by atoms with Gasteiger partial charge in [-0.15, -0.1) is 0 Å². The number of amides is 2. The van der Waals surface area contributed by atoms with Crippen LogP contribution in [0.4, 0.5) is 5.69 Å². The molecule has 8 nitrogen and oxygen atoms in total. The first-order chi connectivity index (χ1) is 17.6. The monoisotopic (exact) mass is 587 g/mol. The number of carbonyl (C=O) groups is 2. The number of likely N-dealkylation sites (N-methyl/N-ethyl adjacent to an activating group) is 1. The minimum atomic E-state index is -4.17. The van der Waals surface area contributed by atoms with Gasteiger partial charge < -0.3 is 15.0 Å². The van der Waals surface area contributed by atoms with Gasteiger partial charge in [0.1, 0.15) is 18.3 Å². The van der Waals surface area contributed by atoms with Gasteiger partial charge in [-0.1, -0.05) is 52.3 Å². The van der Waals surface area contributed by atoms with Gasteiger partial charge >= 0.3 is 0 Å². The van der Waals surface area contributed by atoms with Gasteiger partial charge in [0.25, 0.3) is 10.0 Å². The average molecular weight is 589 g/mol. The average Bonchev–Trinajstić information content (AvgIpc) is 2.89. The maximum absolute atomic E-state index is 13.8. The van der Waals surface area contributed by atoms with E-state index in [2.05, 4.69) is 21.2 Å². The zero-order valence-corrected chi connectivity index (χ0v) is 23.5. The fourth-order valence-electron chi connectivity index (χ4n) is 3.85. The Kier molecular flexibility index (Phi) is 9.34. The van der Waals surface area contributed by atoms with Crippen molar-refractivity contribution in [2.24, 2.45) is 0 Å². The summed E-state index contributed by atoms with van der Waals surface area (Å²) in [5, 5.41) is 2.57. The third-order valence-electron chi connectivity index (χ3n) is 5.87. The SMILES string of the molecule is CNC(=O)C(C)N(Cc1cccc(Br)c1)C(=O)CN(c1cc(C)ccc1OC)S(=O)(=O)c1ccccc1. The fourth-order valence-corrected chi connectivity index (χ4v) is 5.74. The van der Waals surface area contributed by atoms with E-state index in [1.54, 1.807) is 43.3 Å². The Balaban J connectivity index is 2.10. The third kappa shape index (κ3) is 6.69. The highest BCUT2D eigenvalue weighted by Crippen LogP contribution is 2.33. The number of halogens is 1. The number of aryl methyl sites for hydroxylation is 1. The molecule has 37 heavy (non-hydrogen) atoms. The Bertz CT molecular complexity index is 1370. The number of methoxy groups -OCH3 is 1. The summed E-state index contributed by atoms with van der Waals surface area (Å²) in [5.74, 6) is -0.608. The van der Waals surface area contributed by atoms with E-state index in [0.29, 0.717) is 5.75 Å².